The van der Waals surface area contributed by atoms with Crippen molar-refractivity contribution < 1.29 is 4.79 Å². The molecule has 0 aliphatic heterocycles. The fourth-order valence-electron chi connectivity index (χ4n) is 1.49. The number of anilines is 1. The number of hydrogen-bond donors (Lipinski definition) is 2. The monoisotopic (exact) mass is 236 g/mol. The second-order valence-corrected chi connectivity index (χ2v) is 3.99. The molecule has 0 spiro atoms. The van der Waals surface area contributed by atoms with Crippen LogP contribution in [0.5, 0.6) is 0 Å². The van der Waals surface area contributed by atoms with E-state index in [1.54, 1.807) is 0 Å². The summed E-state index contributed by atoms with van der Waals surface area (Å²) < 4.78 is 0. The van der Waals surface area contributed by atoms with Crippen molar-refractivity contribution in [3.8, 4) is 0 Å². The number of aromatic nitrogens is 2. The summed E-state index contributed by atoms with van der Waals surface area (Å²) in [6, 6.07) is 0. The Bertz CT molecular complexity index is 337. The molecule has 0 saturated heterocycles. The Kier molecular flexibility index (Phi) is 5.99. The number of unbranched alkanes of at least 4 members (excludes halogenated alkanes) is 4. The molecule has 1 rings (SSSR count). The minimum Gasteiger partial charge on any atom is -0.369 e. The van der Waals surface area contributed by atoms with Gasteiger partial charge in [0, 0.05) is 6.54 Å². The second kappa shape index (κ2) is 7.60. The summed E-state index contributed by atoms with van der Waals surface area (Å²) in [4.78, 5) is 18.7. The number of rotatable bonds is 8. The minimum atomic E-state index is -0.552. The molecule has 0 atom stereocenters. The van der Waals surface area contributed by atoms with Crippen LogP contribution in [0, 0.1) is 0 Å². The zero-order valence-electron chi connectivity index (χ0n) is 10.3. The number of carbonyl (C=O) groups is 1. The Labute approximate surface area is 102 Å². The van der Waals surface area contributed by atoms with Crippen molar-refractivity contribution in [2.75, 3.05) is 11.9 Å². The maximum Gasteiger partial charge on any atom is 0.268 e. The quantitative estimate of drug-likeness (QED) is 0.676. The lowest BCUT2D eigenvalue weighted by atomic mass is 10.1. The van der Waals surface area contributed by atoms with Gasteiger partial charge in [-0.3, -0.25) is 4.79 Å². The van der Waals surface area contributed by atoms with Crippen molar-refractivity contribution in [2.24, 2.45) is 5.73 Å². The first-order valence-electron chi connectivity index (χ1n) is 6.09. The third kappa shape index (κ3) is 5.29. The van der Waals surface area contributed by atoms with Crippen LogP contribution in [0.2, 0.25) is 0 Å². The molecule has 0 bridgehead atoms. The van der Waals surface area contributed by atoms with Gasteiger partial charge in [0.1, 0.15) is 11.5 Å². The molecule has 0 unspecified atom stereocenters. The van der Waals surface area contributed by atoms with Crippen LogP contribution >= 0.6 is 0 Å². The predicted octanol–water partition coefficient (Wildman–Crippen LogP) is 1.96. The van der Waals surface area contributed by atoms with Crippen molar-refractivity contribution in [1.82, 2.24) is 9.97 Å². The van der Waals surface area contributed by atoms with Crippen LogP contribution in [0.15, 0.2) is 12.4 Å². The molecule has 1 aromatic rings. The second-order valence-electron chi connectivity index (χ2n) is 3.99. The normalized spacial score (nSPS) is 10.2. The van der Waals surface area contributed by atoms with Crippen molar-refractivity contribution in [1.29, 1.82) is 0 Å². The molecule has 0 aliphatic carbocycles. The first-order chi connectivity index (χ1) is 8.24. The maximum absolute atomic E-state index is 10.8. The van der Waals surface area contributed by atoms with E-state index in [1.807, 2.05) is 0 Å². The Hall–Kier alpha value is -1.65. The van der Waals surface area contributed by atoms with Gasteiger partial charge in [0.05, 0.1) is 12.4 Å². The lowest BCUT2D eigenvalue weighted by Gasteiger charge is -2.04. The molecule has 0 radical (unpaired) electrons. The van der Waals surface area contributed by atoms with Gasteiger partial charge in [-0.2, -0.15) is 0 Å². The Morgan fingerprint density at radius 2 is 2.00 bits per heavy atom. The lowest BCUT2D eigenvalue weighted by Crippen LogP contribution is -2.14. The standard InChI is InChI=1S/C12H20N4O/c1-2-3-4-5-6-7-14-11-9-15-10(8-16-11)12(13)17/h8-9H,2-7H2,1H3,(H2,13,17)(H,14,16). The smallest absolute Gasteiger partial charge is 0.268 e. The van der Waals surface area contributed by atoms with Crippen LogP contribution in [-0.4, -0.2) is 22.4 Å². The van der Waals surface area contributed by atoms with Crippen molar-refractivity contribution >= 4 is 11.7 Å². The third-order valence-electron chi connectivity index (χ3n) is 2.49. The zero-order valence-corrected chi connectivity index (χ0v) is 10.3. The summed E-state index contributed by atoms with van der Waals surface area (Å²) in [5, 5.41) is 3.16. The molecule has 3 N–H and O–H groups in total. The van der Waals surface area contributed by atoms with Crippen LogP contribution in [-0.2, 0) is 0 Å². The van der Waals surface area contributed by atoms with Gasteiger partial charge >= 0.3 is 0 Å². The van der Waals surface area contributed by atoms with E-state index in [1.165, 1.54) is 38.1 Å². The van der Waals surface area contributed by atoms with Gasteiger partial charge in [0.15, 0.2) is 0 Å². The number of nitrogens with zero attached hydrogens (tertiary/aromatic N) is 2. The lowest BCUT2D eigenvalue weighted by molar-refractivity contribution is 0.0995. The summed E-state index contributed by atoms with van der Waals surface area (Å²) in [6.45, 7) is 3.09. The number of primary amides is 1. The zero-order chi connectivity index (χ0) is 12.5. The van der Waals surface area contributed by atoms with E-state index in [-0.39, 0.29) is 5.69 Å². The van der Waals surface area contributed by atoms with Crippen LogP contribution in [0.3, 0.4) is 0 Å². The first-order valence-corrected chi connectivity index (χ1v) is 6.09. The first kappa shape index (κ1) is 13.4. The molecule has 1 heterocycles. The molecule has 0 fully saturated rings. The number of carbonyl (C=O) groups excluding carboxylic acids is 1. The average Bonchev–Trinajstić information content (AvgIpc) is 2.34. The highest BCUT2D eigenvalue weighted by Gasteiger charge is 2.01. The molecule has 94 valence electrons. The number of nitrogens with two attached hydrogens (primary N) is 1. The van der Waals surface area contributed by atoms with Gasteiger partial charge in [0.2, 0.25) is 0 Å². The van der Waals surface area contributed by atoms with Crippen LogP contribution in [0.25, 0.3) is 0 Å². The molecule has 17 heavy (non-hydrogen) atoms. The minimum absolute atomic E-state index is 0.193. The molecule has 0 aliphatic rings. The van der Waals surface area contributed by atoms with Gasteiger partial charge in [0.25, 0.3) is 5.91 Å². The fraction of sp³-hybridized carbons (Fsp3) is 0.583. The summed E-state index contributed by atoms with van der Waals surface area (Å²) in [6.07, 6.45) is 9.12. The van der Waals surface area contributed by atoms with E-state index in [2.05, 4.69) is 22.2 Å². The fourth-order valence-corrected chi connectivity index (χ4v) is 1.49. The highest BCUT2D eigenvalue weighted by atomic mass is 16.1. The predicted molar refractivity (Wildman–Crippen MR) is 67.8 cm³/mol. The van der Waals surface area contributed by atoms with Gasteiger partial charge in [-0.25, -0.2) is 9.97 Å². The van der Waals surface area contributed by atoms with E-state index in [0.29, 0.717) is 5.82 Å². The van der Waals surface area contributed by atoms with Crippen molar-refractivity contribution in [3.63, 3.8) is 0 Å². The molecule has 0 saturated carbocycles. The topological polar surface area (TPSA) is 80.9 Å². The highest BCUT2D eigenvalue weighted by Crippen LogP contribution is 2.04. The van der Waals surface area contributed by atoms with Gasteiger partial charge in [-0.15, -0.1) is 0 Å². The van der Waals surface area contributed by atoms with E-state index in [9.17, 15) is 4.79 Å². The largest absolute Gasteiger partial charge is 0.369 e. The van der Waals surface area contributed by atoms with Crippen molar-refractivity contribution in [3.05, 3.63) is 18.1 Å². The molecule has 1 aromatic heterocycles. The summed E-state index contributed by atoms with van der Waals surface area (Å²) >= 11 is 0. The Balaban J connectivity index is 2.21. The van der Waals surface area contributed by atoms with Gasteiger partial charge in [-0.05, 0) is 6.42 Å². The summed E-state index contributed by atoms with van der Waals surface area (Å²) in [5.74, 6) is 0.133. The van der Waals surface area contributed by atoms with Crippen LogP contribution in [0.1, 0.15) is 49.5 Å². The van der Waals surface area contributed by atoms with E-state index >= 15 is 0 Å². The summed E-state index contributed by atoms with van der Waals surface area (Å²) in [5.41, 5.74) is 5.26. The average molecular weight is 236 g/mol. The number of hydrogen-bond acceptors (Lipinski definition) is 4. The Morgan fingerprint density at radius 1 is 1.24 bits per heavy atom. The number of nitrogens with one attached hydrogen (secondary N) is 1. The molecule has 1 amide bonds. The number of amides is 1. The van der Waals surface area contributed by atoms with E-state index in [0.717, 1.165) is 13.0 Å². The van der Waals surface area contributed by atoms with Crippen LogP contribution in [0.4, 0.5) is 5.82 Å². The highest BCUT2D eigenvalue weighted by molar-refractivity contribution is 5.90. The molecule has 5 heteroatoms. The van der Waals surface area contributed by atoms with E-state index in [4.69, 9.17) is 5.73 Å². The summed E-state index contributed by atoms with van der Waals surface area (Å²) in [7, 11) is 0. The molecule has 0 aromatic carbocycles. The molecule has 5 nitrogen and oxygen atoms in total. The SMILES string of the molecule is CCCCCCCNc1cnc(C(N)=O)cn1. The van der Waals surface area contributed by atoms with Crippen molar-refractivity contribution in [2.45, 2.75) is 39.0 Å². The van der Waals surface area contributed by atoms with Crippen LogP contribution < -0.4 is 11.1 Å². The maximum atomic E-state index is 10.8. The van der Waals surface area contributed by atoms with Gasteiger partial charge in [-0.1, -0.05) is 32.6 Å². The third-order valence-corrected chi connectivity index (χ3v) is 2.49. The van der Waals surface area contributed by atoms with E-state index < -0.39 is 5.91 Å². The Morgan fingerprint density at radius 3 is 2.59 bits per heavy atom. The molecular formula is C12H20N4O. The molecular weight excluding hydrogens is 216 g/mol. The van der Waals surface area contributed by atoms with Gasteiger partial charge < -0.3 is 11.1 Å².